The Labute approximate surface area is 86.3 Å². The summed E-state index contributed by atoms with van der Waals surface area (Å²) in [5.41, 5.74) is 10.1. The third-order valence-corrected chi connectivity index (χ3v) is 3.28. The van der Waals surface area contributed by atoms with Crippen molar-refractivity contribution in [3.05, 3.63) is 34.9 Å². The maximum Gasteiger partial charge on any atom is -0.000546 e. The van der Waals surface area contributed by atoms with Crippen molar-refractivity contribution in [3.8, 4) is 0 Å². The first kappa shape index (κ1) is 9.72. The van der Waals surface area contributed by atoms with Crippen molar-refractivity contribution in [1.82, 2.24) is 0 Å². The van der Waals surface area contributed by atoms with Gasteiger partial charge in [-0.1, -0.05) is 23.8 Å². The van der Waals surface area contributed by atoms with Crippen LogP contribution in [0.1, 0.15) is 35.4 Å². The summed E-state index contributed by atoms with van der Waals surface area (Å²) in [6.07, 6.45) is 2.74. The van der Waals surface area contributed by atoms with Gasteiger partial charge in [-0.05, 0) is 56.2 Å². The van der Waals surface area contributed by atoms with Crippen LogP contribution in [0.25, 0.3) is 0 Å². The normalized spacial score (nSPS) is 18.2. The van der Waals surface area contributed by atoms with Gasteiger partial charge in [0.25, 0.3) is 0 Å². The number of hydrogen-bond acceptors (Lipinski definition) is 1. The number of nitrogens with two attached hydrogens (primary N) is 1. The van der Waals surface area contributed by atoms with Crippen LogP contribution in [0, 0.1) is 19.8 Å². The Balaban J connectivity index is 2.32. The molecule has 1 aliphatic carbocycles. The molecule has 0 bridgehead atoms. The molecule has 1 atom stereocenters. The van der Waals surface area contributed by atoms with Crippen molar-refractivity contribution in [2.24, 2.45) is 11.7 Å². The Morgan fingerprint density at radius 3 is 2.64 bits per heavy atom. The van der Waals surface area contributed by atoms with E-state index in [1.54, 1.807) is 0 Å². The van der Waals surface area contributed by atoms with Crippen LogP contribution in [0.4, 0.5) is 0 Å². The summed E-state index contributed by atoms with van der Waals surface area (Å²) in [6, 6.07) is 6.71. The summed E-state index contributed by atoms with van der Waals surface area (Å²) in [4.78, 5) is 0. The van der Waals surface area contributed by atoms with Crippen molar-refractivity contribution < 1.29 is 0 Å². The SMILES string of the molecule is Cc1ccc(C)c(C(CN)C2CC2)c1. The van der Waals surface area contributed by atoms with Crippen LogP contribution in [0.15, 0.2) is 18.2 Å². The largest absolute Gasteiger partial charge is 0.330 e. The van der Waals surface area contributed by atoms with Crippen LogP contribution in [0.5, 0.6) is 0 Å². The van der Waals surface area contributed by atoms with Gasteiger partial charge in [-0.3, -0.25) is 0 Å². The Bertz CT molecular complexity index is 326. The molecule has 1 aromatic rings. The van der Waals surface area contributed by atoms with Crippen LogP contribution in [-0.2, 0) is 0 Å². The topological polar surface area (TPSA) is 26.0 Å². The first-order chi connectivity index (χ1) is 6.72. The molecule has 1 fully saturated rings. The molecule has 0 amide bonds. The van der Waals surface area contributed by atoms with Crippen molar-refractivity contribution in [2.75, 3.05) is 6.54 Å². The van der Waals surface area contributed by atoms with E-state index in [0.717, 1.165) is 12.5 Å². The molecule has 1 saturated carbocycles. The molecule has 2 N–H and O–H groups in total. The van der Waals surface area contributed by atoms with Gasteiger partial charge >= 0.3 is 0 Å². The lowest BCUT2D eigenvalue weighted by atomic mass is 9.90. The zero-order valence-electron chi connectivity index (χ0n) is 9.09. The van der Waals surface area contributed by atoms with Gasteiger partial charge in [0, 0.05) is 0 Å². The van der Waals surface area contributed by atoms with E-state index < -0.39 is 0 Å². The summed E-state index contributed by atoms with van der Waals surface area (Å²) < 4.78 is 0. The summed E-state index contributed by atoms with van der Waals surface area (Å²) in [7, 11) is 0. The molecule has 0 radical (unpaired) electrons. The average molecular weight is 189 g/mol. The zero-order valence-corrected chi connectivity index (χ0v) is 9.09. The predicted molar refractivity (Wildman–Crippen MR) is 60.4 cm³/mol. The molecular weight excluding hydrogens is 170 g/mol. The second-order valence-corrected chi connectivity index (χ2v) is 4.54. The molecule has 0 saturated heterocycles. The minimum atomic E-state index is 0.606. The highest BCUT2D eigenvalue weighted by Gasteiger charge is 2.31. The number of rotatable bonds is 3. The average Bonchev–Trinajstić information content (AvgIpc) is 2.96. The molecule has 1 aromatic carbocycles. The lowest BCUT2D eigenvalue weighted by molar-refractivity contribution is 0.612. The van der Waals surface area contributed by atoms with Crippen LogP contribution in [0.3, 0.4) is 0 Å². The fourth-order valence-corrected chi connectivity index (χ4v) is 2.23. The highest BCUT2D eigenvalue weighted by Crippen LogP contribution is 2.42. The maximum absolute atomic E-state index is 5.86. The van der Waals surface area contributed by atoms with Gasteiger partial charge in [0.1, 0.15) is 0 Å². The van der Waals surface area contributed by atoms with E-state index >= 15 is 0 Å². The van der Waals surface area contributed by atoms with Crippen molar-refractivity contribution in [3.63, 3.8) is 0 Å². The van der Waals surface area contributed by atoms with E-state index in [-0.39, 0.29) is 0 Å². The van der Waals surface area contributed by atoms with Crippen LogP contribution in [-0.4, -0.2) is 6.54 Å². The maximum atomic E-state index is 5.86. The first-order valence-corrected chi connectivity index (χ1v) is 5.49. The van der Waals surface area contributed by atoms with Crippen LogP contribution < -0.4 is 5.73 Å². The zero-order chi connectivity index (χ0) is 10.1. The lowest BCUT2D eigenvalue weighted by Crippen LogP contribution is -2.15. The molecule has 2 rings (SSSR count). The smallest absolute Gasteiger partial charge is 0.000546 e. The highest BCUT2D eigenvalue weighted by atomic mass is 14.6. The van der Waals surface area contributed by atoms with Crippen LogP contribution in [0.2, 0.25) is 0 Å². The lowest BCUT2D eigenvalue weighted by Gasteiger charge is -2.17. The van der Waals surface area contributed by atoms with E-state index in [2.05, 4.69) is 32.0 Å². The second kappa shape index (κ2) is 3.74. The number of hydrogen-bond donors (Lipinski definition) is 1. The van der Waals surface area contributed by atoms with E-state index in [9.17, 15) is 0 Å². The van der Waals surface area contributed by atoms with Crippen LogP contribution >= 0.6 is 0 Å². The number of benzene rings is 1. The van der Waals surface area contributed by atoms with E-state index in [0.29, 0.717) is 5.92 Å². The van der Waals surface area contributed by atoms with Gasteiger partial charge in [0.05, 0.1) is 0 Å². The molecule has 0 aromatic heterocycles. The second-order valence-electron chi connectivity index (χ2n) is 4.54. The predicted octanol–water partition coefficient (Wildman–Crippen LogP) is 2.76. The van der Waals surface area contributed by atoms with Gasteiger partial charge in [0.15, 0.2) is 0 Å². The van der Waals surface area contributed by atoms with Gasteiger partial charge < -0.3 is 5.73 Å². The molecule has 0 heterocycles. The molecule has 1 unspecified atom stereocenters. The summed E-state index contributed by atoms with van der Waals surface area (Å²) in [5.74, 6) is 1.47. The minimum absolute atomic E-state index is 0.606. The number of aryl methyl sites for hydroxylation is 2. The van der Waals surface area contributed by atoms with E-state index in [4.69, 9.17) is 5.73 Å². The third kappa shape index (κ3) is 1.83. The Hall–Kier alpha value is -0.820. The van der Waals surface area contributed by atoms with Gasteiger partial charge in [0.2, 0.25) is 0 Å². The van der Waals surface area contributed by atoms with Gasteiger partial charge in [-0.25, -0.2) is 0 Å². The Kier molecular flexibility index (Phi) is 2.60. The fourth-order valence-electron chi connectivity index (χ4n) is 2.23. The molecule has 0 spiro atoms. The summed E-state index contributed by atoms with van der Waals surface area (Å²) in [5, 5.41) is 0. The third-order valence-electron chi connectivity index (χ3n) is 3.28. The highest BCUT2D eigenvalue weighted by molar-refractivity contribution is 5.34. The molecule has 1 aliphatic rings. The van der Waals surface area contributed by atoms with E-state index in [1.165, 1.54) is 29.5 Å². The molecule has 0 aliphatic heterocycles. The van der Waals surface area contributed by atoms with Gasteiger partial charge in [-0.15, -0.1) is 0 Å². The standard InChI is InChI=1S/C13H19N/c1-9-3-4-10(2)12(7-9)13(8-14)11-5-6-11/h3-4,7,11,13H,5-6,8,14H2,1-2H3. The molecule has 1 heteroatoms. The van der Waals surface area contributed by atoms with Crippen molar-refractivity contribution in [1.29, 1.82) is 0 Å². The molecule has 76 valence electrons. The van der Waals surface area contributed by atoms with Crippen molar-refractivity contribution in [2.45, 2.75) is 32.6 Å². The Morgan fingerprint density at radius 2 is 2.07 bits per heavy atom. The van der Waals surface area contributed by atoms with Crippen molar-refractivity contribution >= 4 is 0 Å². The minimum Gasteiger partial charge on any atom is -0.330 e. The summed E-state index contributed by atoms with van der Waals surface area (Å²) >= 11 is 0. The molecular formula is C13H19N. The molecule has 1 nitrogen and oxygen atoms in total. The van der Waals surface area contributed by atoms with E-state index in [1.807, 2.05) is 0 Å². The summed E-state index contributed by atoms with van der Waals surface area (Å²) in [6.45, 7) is 5.15. The van der Waals surface area contributed by atoms with Gasteiger partial charge in [-0.2, -0.15) is 0 Å². The monoisotopic (exact) mass is 189 g/mol. The molecule has 14 heavy (non-hydrogen) atoms. The first-order valence-electron chi connectivity index (χ1n) is 5.49. The Morgan fingerprint density at radius 1 is 1.36 bits per heavy atom. The quantitative estimate of drug-likeness (QED) is 0.777. The fraction of sp³-hybridized carbons (Fsp3) is 0.538.